The largest absolute Gasteiger partial charge is 0.478 e. The topological polar surface area (TPSA) is 50.2 Å². The van der Waals surface area contributed by atoms with E-state index in [1.54, 1.807) is 17.4 Å². The number of pyridine rings is 1. The van der Waals surface area contributed by atoms with Crippen LogP contribution in [-0.4, -0.2) is 16.1 Å². The molecular weight excluding hydrogens is 378 g/mol. The molecule has 1 saturated carbocycles. The van der Waals surface area contributed by atoms with Crippen molar-refractivity contribution < 1.29 is 9.90 Å². The molecule has 0 radical (unpaired) electrons. The average molecular weight is 400 g/mol. The zero-order valence-corrected chi connectivity index (χ0v) is 16.8. The molecule has 1 fully saturated rings. The lowest BCUT2D eigenvalue weighted by atomic mass is 9.89. The second-order valence-electron chi connectivity index (χ2n) is 7.68. The smallest absolute Gasteiger partial charge is 0.335 e. The van der Waals surface area contributed by atoms with Crippen molar-refractivity contribution in [2.24, 2.45) is 0 Å². The van der Waals surface area contributed by atoms with Crippen LogP contribution in [-0.2, 0) is 0 Å². The molecule has 144 valence electrons. The molecule has 0 saturated heterocycles. The number of rotatable bonds is 4. The Bertz CT molecular complexity index is 1190. The molecule has 0 aliphatic heterocycles. The Balaban J connectivity index is 1.63. The van der Waals surface area contributed by atoms with Crippen molar-refractivity contribution in [1.29, 1.82) is 0 Å². The number of benzene rings is 2. The van der Waals surface area contributed by atoms with E-state index in [2.05, 4.69) is 34.6 Å². The van der Waals surface area contributed by atoms with Crippen LogP contribution in [0.25, 0.3) is 32.5 Å². The maximum atomic E-state index is 11.8. The monoisotopic (exact) mass is 399 g/mol. The summed E-state index contributed by atoms with van der Waals surface area (Å²) in [6, 6.07) is 18.3. The molecule has 0 unspecified atom stereocenters. The third-order valence-corrected chi connectivity index (χ3v) is 6.83. The van der Waals surface area contributed by atoms with Gasteiger partial charge in [-0.1, -0.05) is 49.2 Å². The van der Waals surface area contributed by atoms with Gasteiger partial charge < -0.3 is 5.11 Å². The minimum absolute atomic E-state index is 0.351. The van der Waals surface area contributed by atoms with E-state index in [0.717, 1.165) is 50.9 Å². The number of carboxylic acids is 1. The Morgan fingerprint density at radius 3 is 2.52 bits per heavy atom. The number of nitrogens with zero attached hydrogens (tertiary/aromatic N) is 1. The van der Waals surface area contributed by atoms with Crippen LogP contribution < -0.4 is 0 Å². The van der Waals surface area contributed by atoms with Gasteiger partial charge in [0.2, 0.25) is 0 Å². The van der Waals surface area contributed by atoms with Gasteiger partial charge in [0.05, 0.1) is 5.56 Å². The maximum Gasteiger partial charge on any atom is 0.335 e. The van der Waals surface area contributed by atoms with E-state index in [1.807, 2.05) is 30.5 Å². The third-order valence-electron chi connectivity index (χ3n) is 5.92. The van der Waals surface area contributed by atoms with Gasteiger partial charge >= 0.3 is 5.97 Å². The zero-order chi connectivity index (χ0) is 19.8. The molecular formula is C25H21NO2S. The number of hydrogen-bond acceptors (Lipinski definition) is 3. The minimum atomic E-state index is -0.832. The summed E-state index contributed by atoms with van der Waals surface area (Å²) in [6.07, 6.45) is 6.44. The van der Waals surface area contributed by atoms with Crippen molar-refractivity contribution in [3.05, 3.63) is 77.3 Å². The summed E-state index contributed by atoms with van der Waals surface area (Å²) in [5.74, 6) is -0.481. The summed E-state index contributed by atoms with van der Waals surface area (Å²) >= 11 is 1.63. The Kier molecular flexibility index (Phi) is 4.64. The van der Waals surface area contributed by atoms with Gasteiger partial charge in [0.25, 0.3) is 0 Å². The van der Waals surface area contributed by atoms with Crippen LogP contribution in [0.5, 0.6) is 0 Å². The van der Waals surface area contributed by atoms with Gasteiger partial charge in [-0.25, -0.2) is 9.78 Å². The van der Waals surface area contributed by atoms with Gasteiger partial charge in [0.15, 0.2) is 0 Å². The Hall–Kier alpha value is -2.98. The molecule has 0 spiro atoms. The van der Waals surface area contributed by atoms with E-state index in [0.29, 0.717) is 11.5 Å². The molecule has 1 aliphatic rings. The summed E-state index contributed by atoms with van der Waals surface area (Å²) in [7, 11) is 0. The molecule has 2 aromatic heterocycles. The Labute approximate surface area is 173 Å². The van der Waals surface area contributed by atoms with Gasteiger partial charge in [-0.15, -0.1) is 11.3 Å². The number of thiophene rings is 1. The fourth-order valence-electron chi connectivity index (χ4n) is 4.43. The summed E-state index contributed by atoms with van der Waals surface area (Å²) in [6.45, 7) is 0. The molecule has 5 rings (SSSR count). The Morgan fingerprint density at radius 1 is 0.966 bits per heavy atom. The van der Waals surface area contributed by atoms with Gasteiger partial charge in [-0.2, -0.15) is 0 Å². The highest BCUT2D eigenvalue weighted by Gasteiger charge is 2.23. The normalized spacial score (nSPS) is 14.5. The van der Waals surface area contributed by atoms with Crippen LogP contribution >= 0.6 is 11.3 Å². The number of aromatic carboxylic acids is 1. The fourth-order valence-corrected chi connectivity index (χ4v) is 5.33. The molecule has 4 aromatic rings. The number of carboxylic acid groups (broad SMARTS) is 1. The van der Waals surface area contributed by atoms with E-state index in [1.165, 1.54) is 12.8 Å². The second-order valence-corrected chi connectivity index (χ2v) is 8.54. The first kappa shape index (κ1) is 18.1. The van der Waals surface area contributed by atoms with Crippen LogP contribution in [0.1, 0.15) is 47.5 Å². The SMILES string of the molecule is O=C(O)c1ccc(-c2csc3ncc(-c4ccccc4)cc23)cc1C1CCCC1. The highest BCUT2D eigenvalue weighted by molar-refractivity contribution is 7.17. The third kappa shape index (κ3) is 3.34. The van der Waals surface area contributed by atoms with Crippen LogP contribution in [0.15, 0.2) is 66.2 Å². The van der Waals surface area contributed by atoms with Crippen LogP contribution in [0.3, 0.4) is 0 Å². The van der Waals surface area contributed by atoms with Crippen molar-refractivity contribution in [2.45, 2.75) is 31.6 Å². The number of fused-ring (bicyclic) bond motifs is 1. The molecule has 0 amide bonds. The summed E-state index contributed by atoms with van der Waals surface area (Å²) in [5.41, 5.74) is 5.88. The maximum absolute atomic E-state index is 11.8. The lowest BCUT2D eigenvalue weighted by molar-refractivity contribution is 0.0695. The van der Waals surface area contributed by atoms with Gasteiger partial charge in [-0.3, -0.25) is 0 Å². The molecule has 1 aliphatic carbocycles. The highest BCUT2D eigenvalue weighted by atomic mass is 32.1. The zero-order valence-electron chi connectivity index (χ0n) is 16.0. The van der Waals surface area contributed by atoms with E-state index < -0.39 is 5.97 Å². The van der Waals surface area contributed by atoms with Gasteiger partial charge in [0.1, 0.15) is 4.83 Å². The van der Waals surface area contributed by atoms with Gasteiger partial charge in [-0.05, 0) is 53.6 Å². The Morgan fingerprint density at radius 2 is 1.76 bits per heavy atom. The first-order valence-electron chi connectivity index (χ1n) is 10.0. The van der Waals surface area contributed by atoms with Crippen LogP contribution in [0.2, 0.25) is 0 Å². The lowest BCUT2D eigenvalue weighted by Crippen LogP contribution is -2.05. The van der Waals surface area contributed by atoms with Crippen molar-refractivity contribution >= 4 is 27.5 Å². The molecule has 1 N–H and O–H groups in total. The van der Waals surface area contributed by atoms with Crippen molar-refractivity contribution in [2.75, 3.05) is 0 Å². The average Bonchev–Trinajstić information content (AvgIpc) is 3.43. The van der Waals surface area contributed by atoms with E-state index in [-0.39, 0.29) is 0 Å². The second kappa shape index (κ2) is 7.45. The summed E-state index contributed by atoms with van der Waals surface area (Å²) < 4.78 is 0. The molecule has 2 heterocycles. The highest BCUT2D eigenvalue weighted by Crippen LogP contribution is 2.40. The number of aromatic nitrogens is 1. The predicted molar refractivity (Wildman–Crippen MR) is 119 cm³/mol. The first-order valence-corrected chi connectivity index (χ1v) is 10.9. The summed E-state index contributed by atoms with van der Waals surface area (Å²) in [5, 5.41) is 12.9. The summed E-state index contributed by atoms with van der Waals surface area (Å²) in [4.78, 5) is 17.5. The quantitative estimate of drug-likeness (QED) is 0.402. The predicted octanol–water partition coefficient (Wildman–Crippen LogP) is 6.99. The molecule has 0 bridgehead atoms. The fraction of sp³-hybridized carbons (Fsp3) is 0.200. The lowest BCUT2D eigenvalue weighted by Gasteiger charge is -2.15. The van der Waals surface area contributed by atoms with E-state index >= 15 is 0 Å². The van der Waals surface area contributed by atoms with Crippen molar-refractivity contribution in [3.8, 4) is 22.3 Å². The van der Waals surface area contributed by atoms with Gasteiger partial charge in [0, 0.05) is 28.1 Å². The van der Waals surface area contributed by atoms with Crippen molar-refractivity contribution in [3.63, 3.8) is 0 Å². The molecule has 0 atom stereocenters. The van der Waals surface area contributed by atoms with Crippen LogP contribution in [0, 0.1) is 0 Å². The standard InChI is InChI=1S/C25H21NO2S/c27-25(28)20-11-10-18(12-21(20)17-8-4-5-9-17)23-15-29-24-22(23)13-19(14-26-24)16-6-2-1-3-7-16/h1-3,6-7,10-15,17H,4-5,8-9H2,(H,27,28). The molecule has 29 heavy (non-hydrogen) atoms. The van der Waals surface area contributed by atoms with Crippen LogP contribution in [0.4, 0.5) is 0 Å². The van der Waals surface area contributed by atoms with E-state index in [9.17, 15) is 9.90 Å². The number of carbonyl (C=O) groups is 1. The van der Waals surface area contributed by atoms with Crippen molar-refractivity contribution in [1.82, 2.24) is 4.98 Å². The molecule has 3 nitrogen and oxygen atoms in total. The van der Waals surface area contributed by atoms with E-state index in [4.69, 9.17) is 0 Å². The number of hydrogen-bond donors (Lipinski definition) is 1. The minimum Gasteiger partial charge on any atom is -0.478 e. The first-order chi connectivity index (χ1) is 14.2. The molecule has 4 heteroatoms. The molecule has 2 aromatic carbocycles.